The van der Waals surface area contributed by atoms with Crippen molar-refractivity contribution in [2.45, 2.75) is 44.2 Å². The Morgan fingerprint density at radius 1 is 1.12 bits per heavy atom. The van der Waals surface area contributed by atoms with Crippen LogP contribution in [0, 0.1) is 5.92 Å². The van der Waals surface area contributed by atoms with Gasteiger partial charge in [0.15, 0.2) is 0 Å². The van der Waals surface area contributed by atoms with E-state index in [0.29, 0.717) is 23.1 Å². The third kappa shape index (κ3) is 3.35. The quantitative estimate of drug-likeness (QED) is 0.783. The van der Waals surface area contributed by atoms with Gasteiger partial charge >= 0.3 is 0 Å². The summed E-state index contributed by atoms with van der Waals surface area (Å²) in [4.78, 5) is 38.2. The van der Waals surface area contributed by atoms with Crippen molar-refractivity contribution >= 4 is 30.1 Å². The molecule has 26 heavy (non-hydrogen) atoms. The molecular formula is C19H24ClN3O3. The van der Waals surface area contributed by atoms with Gasteiger partial charge in [-0.25, -0.2) is 0 Å². The minimum absolute atomic E-state index is 0. The van der Waals surface area contributed by atoms with Crippen LogP contribution in [0.4, 0.5) is 0 Å². The van der Waals surface area contributed by atoms with E-state index in [0.717, 1.165) is 12.8 Å². The highest BCUT2D eigenvalue weighted by atomic mass is 35.5. The van der Waals surface area contributed by atoms with Crippen LogP contribution in [-0.4, -0.2) is 47.8 Å². The van der Waals surface area contributed by atoms with E-state index in [1.54, 1.807) is 24.3 Å². The first-order valence-corrected chi connectivity index (χ1v) is 9.14. The van der Waals surface area contributed by atoms with Crippen molar-refractivity contribution < 1.29 is 14.4 Å². The zero-order valence-electron chi connectivity index (χ0n) is 14.6. The maximum Gasteiger partial charge on any atom is 0.261 e. The van der Waals surface area contributed by atoms with E-state index in [1.165, 1.54) is 24.2 Å². The van der Waals surface area contributed by atoms with Crippen LogP contribution in [-0.2, 0) is 4.79 Å². The molecule has 4 rings (SSSR count). The van der Waals surface area contributed by atoms with E-state index in [1.807, 2.05) is 0 Å². The highest BCUT2D eigenvalue weighted by Gasteiger charge is 2.38. The van der Waals surface area contributed by atoms with E-state index < -0.39 is 0 Å². The van der Waals surface area contributed by atoms with Gasteiger partial charge in [0.25, 0.3) is 11.8 Å². The van der Waals surface area contributed by atoms with Gasteiger partial charge in [0.05, 0.1) is 17.2 Å². The molecule has 1 aromatic rings. The van der Waals surface area contributed by atoms with Crippen molar-refractivity contribution in [2.75, 3.05) is 13.1 Å². The molecule has 3 atom stereocenters. The number of carbonyl (C=O) groups is 3. The van der Waals surface area contributed by atoms with Crippen molar-refractivity contribution in [2.24, 2.45) is 5.92 Å². The molecule has 6 nitrogen and oxygen atoms in total. The highest BCUT2D eigenvalue weighted by molar-refractivity contribution is 6.21. The molecule has 2 N–H and O–H groups in total. The summed E-state index contributed by atoms with van der Waals surface area (Å²) in [5, 5.41) is 6.32. The molecule has 140 valence electrons. The van der Waals surface area contributed by atoms with Gasteiger partial charge in [0, 0.05) is 19.1 Å². The number of carbonyl (C=O) groups excluding carboxylic acids is 3. The first kappa shape index (κ1) is 18.9. The van der Waals surface area contributed by atoms with E-state index >= 15 is 0 Å². The second-order valence-corrected chi connectivity index (χ2v) is 7.20. The largest absolute Gasteiger partial charge is 0.353 e. The zero-order chi connectivity index (χ0) is 17.4. The Morgan fingerprint density at radius 2 is 1.77 bits per heavy atom. The predicted octanol–water partition coefficient (Wildman–Crippen LogP) is 1.74. The lowest BCUT2D eigenvalue weighted by Gasteiger charge is -2.24. The second-order valence-electron chi connectivity index (χ2n) is 7.20. The Hall–Kier alpha value is -1.92. The summed E-state index contributed by atoms with van der Waals surface area (Å²) < 4.78 is 0. The number of nitrogens with zero attached hydrogens (tertiary/aromatic N) is 1. The molecule has 0 radical (unpaired) electrons. The summed E-state index contributed by atoms with van der Waals surface area (Å²) in [5.41, 5.74) is 0.890. The van der Waals surface area contributed by atoms with Crippen LogP contribution in [0.1, 0.15) is 52.8 Å². The van der Waals surface area contributed by atoms with Crippen molar-refractivity contribution in [3.05, 3.63) is 35.4 Å². The lowest BCUT2D eigenvalue weighted by molar-refractivity contribution is -0.122. The molecule has 2 heterocycles. The molecule has 0 aromatic heterocycles. The molecule has 7 heteroatoms. The topological polar surface area (TPSA) is 78.5 Å². The number of rotatable bonds is 4. The number of fused-ring (bicyclic) bond motifs is 2. The molecule has 0 spiro atoms. The summed E-state index contributed by atoms with van der Waals surface area (Å²) in [7, 11) is 0. The number of imide groups is 1. The van der Waals surface area contributed by atoms with Gasteiger partial charge in [-0.15, -0.1) is 12.4 Å². The van der Waals surface area contributed by atoms with Crippen LogP contribution in [0.5, 0.6) is 0 Å². The van der Waals surface area contributed by atoms with Crippen molar-refractivity contribution in [3.8, 4) is 0 Å². The third-order valence-corrected chi connectivity index (χ3v) is 5.69. The first-order valence-electron chi connectivity index (χ1n) is 9.14. The van der Waals surface area contributed by atoms with Gasteiger partial charge in [-0.1, -0.05) is 25.0 Å². The molecule has 0 bridgehead atoms. The van der Waals surface area contributed by atoms with Crippen molar-refractivity contribution in [3.63, 3.8) is 0 Å². The Bertz CT molecular complexity index is 675. The molecule has 1 aromatic carbocycles. The van der Waals surface area contributed by atoms with E-state index in [9.17, 15) is 14.4 Å². The molecule has 1 aliphatic carbocycles. The molecule has 3 aliphatic rings. The van der Waals surface area contributed by atoms with Crippen LogP contribution >= 0.6 is 12.4 Å². The highest BCUT2D eigenvalue weighted by Crippen LogP contribution is 2.33. The fraction of sp³-hybridized carbons (Fsp3) is 0.526. The third-order valence-electron chi connectivity index (χ3n) is 5.69. The number of hydrogen-bond donors (Lipinski definition) is 2. The SMILES string of the molecule is Cl.O=C(NCCN1C(=O)c2ccccc2C1=O)C1CC2CCCCC2N1. The van der Waals surface area contributed by atoms with E-state index in [4.69, 9.17) is 0 Å². The Balaban J connectivity index is 0.00000196. The standard InChI is InChI=1S/C19H23N3O3.ClH/c23-17(16-11-12-5-1-4-8-15(12)21-16)20-9-10-22-18(24)13-6-2-3-7-14(13)19(22)25;/h2-3,6-7,12,15-16,21H,1,4-5,8-11H2,(H,20,23);1H. The summed E-state index contributed by atoms with van der Waals surface area (Å²) in [6, 6.07) is 7.16. The zero-order valence-corrected chi connectivity index (χ0v) is 15.4. The Labute approximate surface area is 159 Å². The van der Waals surface area contributed by atoms with Gasteiger partial charge in [-0.05, 0) is 37.3 Å². The maximum atomic E-state index is 12.4. The fourth-order valence-corrected chi connectivity index (χ4v) is 4.38. The molecular weight excluding hydrogens is 354 g/mol. The van der Waals surface area contributed by atoms with E-state index in [2.05, 4.69) is 10.6 Å². The minimum atomic E-state index is -0.278. The average Bonchev–Trinajstić information content (AvgIpc) is 3.17. The molecule has 3 amide bonds. The van der Waals surface area contributed by atoms with Gasteiger partial charge < -0.3 is 10.6 Å². The molecule has 1 saturated heterocycles. The summed E-state index contributed by atoms with van der Waals surface area (Å²) >= 11 is 0. The van der Waals surface area contributed by atoms with Crippen LogP contribution < -0.4 is 10.6 Å². The summed E-state index contributed by atoms with van der Waals surface area (Å²) in [6.07, 6.45) is 5.75. The monoisotopic (exact) mass is 377 g/mol. The fourth-order valence-electron chi connectivity index (χ4n) is 4.38. The molecule has 2 aliphatic heterocycles. The van der Waals surface area contributed by atoms with Crippen LogP contribution in [0.2, 0.25) is 0 Å². The Kier molecular flexibility index (Phi) is 5.63. The van der Waals surface area contributed by atoms with Crippen molar-refractivity contribution in [1.29, 1.82) is 0 Å². The number of nitrogens with one attached hydrogen (secondary N) is 2. The normalized spacial score (nSPS) is 26.9. The Morgan fingerprint density at radius 3 is 2.42 bits per heavy atom. The molecule has 3 unspecified atom stereocenters. The maximum absolute atomic E-state index is 12.4. The summed E-state index contributed by atoms with van der Waals surface area (Å²) in [6.45, 7) is 0.496. The number of amides is 3. The van der Waals surface area contributed by atoms with Gasteiger partial charge in [0.1, 0.15) is 0 Å². The van der Waals surface area contributed by atoms with Gasteiger partial charge in [-0.3, -0.25) is 19.3 Å². The second kappa shape index (κ2) is 7.76. The van der Waals surface area contributed by atoms with Crippen LogP contribution in [0.3, 0.4) is 0 Å². The minimum Gasteiger partial charge on any atom is -0.353 e. The van der Waals surface area contributed by atoms with Gasteiger partial charge in [-0.2, -0.15) is 0 Å². The van der Waals surface area contributed by atoms with Crippen LogP contribution in [0.25, 0.3) is 0 Å². The number of halogens is 1. The summed E-state index contributed by atoms with van der Waals surface area (Å²) in [5.74, 6) is 0.0338. The van der Waals surface area contributed by atoms with Crippen LogP contribution in [0.15, 0.2) is 24.3 Å². The number of hydrogen-bond acceptors (Lipinski definition) is 4. The molecule has 1 saturated carbocycles. The number of benzene rings is 1. The smallest absolute Gasteiger partial charge is 0.261 e. The van der Waals surface area contributed by atoms with Gasteiger partial charge in [0.2, 0.25) is 5.91 Å². The lowest BCUT2D eigenvalue weighted by atomic mass is 9.85. The van der Waals surface area contributed by atoms with Crippen molar-refractivity contribution in [1.82, 2.24) is 15.5 Å². The lowest BCUT2D eigenvalue weighted by Crippen LogP contribution is -2.45. The predicted molar refractivity (Wildman–Crippen MR) is 99.4 cm³/mol. The molecule has 2 fully saturated rings. The average molecular weight is 378 g/mol. The van der Waals surface area contributed by atoms with E-state index in [-0.39, 0.29) is 49.3 Å². The first-order chi connectivity index (χ1) is 12.1.